The molecular formula is C18H19F2NO5S. The third kappa shape index (κ3) is 4.94. The average Bonchev–Trinajstić information content (AvgIpc) is 2.63. The Hall–Kier alpha value is -2.68. The molecule has 0 amide bonds. The SMILES string of the molecule is CCOC(=O)CN(c1ccc(F)c(F)c1)S(=O)(=O)c1ccc(OCC)cc1. The largest absolute Gasteiger partial charge is 0.494 e. The van der Waals surface area contributed by atoms with E-state index in [0.717, 1.165) is 12.1 Å². The predicted molar refractivity (Wildman–Crippen MR) is 95.1 cm³/mol. The van der Waals surface area contributed by atoms with E-state index in [9.17, 15) is 22.0 Å². The van der Waals surface area contributed by atoms with E-state index in [4.69, 9.17) is 9.47 Å². The smallest absolute Gasteiger partial charge is 0.326 e. The number of anilines is 1. The lowest BCUT2D eigenvalue weighted by Gasteiger charge is -2.23. The molecule has 0 aliphatic heterocycles. The molecule has 0 heterocycles. The maximum absolute atomic E-state index is 13.6. The molecule has 2 aromatic carbocycles. The topological polar surface area (TPSA) is 72.9 Å². The fraction of sp³-hybridized carbons (Fsp3) is 0.278. The Labute approximate surface area is 156 Å². The van der Waals surface area contributed by atoms with Gasteiger partial charge in [0, 0.05) is 6.07 Å². The van der Waals surface area contributed by atoms with Crippen LogP contribution in [-0.4, -0.2) is 34.1 Å². The first kappa shape index (κ1) is 20.6. The number of carbonyl (C=O) groups excluding carboxylic acids is 1. The molecule has 146 valence electrons. The first-order valence-electron chi connectivity index (χ1n) is 8.15. The molecular weight excluding hydrogens is 380 g/mol. The number of halogens is 2. The van der Waals surface area contributed by atoms with E-state index in [0.29, 0.717) is 22.7 Å². The van der Waals surface area contributed by atoms with Crippen LogP contribution >= 0.6 is 0 Å². The Bertz CT molecular complexity index is 900. The fourth-order valence-corrected chi connectivity index (χ4v) is 3.68. The number of esters is 1. The Morgan fingerprint density at radius 2 is 1.67 bits per heavy atom. The first-order valence-corrected chi connectivity index (χ1v) is 9.59. The Morgan fingerprint density at radius 1 is 1.00 bits per heavy atom. The first-order chi connectivity index (χ1) is 12.8. The molecule has 0 fully saturated rings. The number of hydrogen-bond acceptors (Lipinski definition) is 5. The number of sulfonamides is 1. The highest BCUT2D eigenvalue weighted by molar-refractivity contribution is 7.92. The fourth-order valence-electron chi connectivity index (χ4n) is 2.28. The van der Waals surface area contributed by atoms with Crippen molar-refractivity contribution in [2.45, 2.75) is 18.7 Å². The predicted octanol–water partition coefficient (Wildman–Crippen LogP) is 3.12. The maximum atomic E-state index is 13.6. The molecule has 6 nitrogen and oxygen atoms in total. The standard InChI is InChI=1S/C18H19F2NO5S/c1-3-25-14-6-8-15(9-7-14)27(23,24)21(12-18(22)26-4-2)13-5-10-16(19)17(20)11-13/h5-11H,3-4,12H2,1-2H3. The molecule has 0 aromatic heterocycles. The highest BCUT2D eigenvalue weighted by Gasteiger charge is 2.28. The van der Waals surface area contributed by atoms with Crippen LogP contribution in [-0.2, 0) is 19.6 Å². The third-order valence-electron chi connectivity index (χ3n) is 3.49. The average molecular weight is 399 g/mol. The molecule has 0 saturated carbocycles. The summed E-state index contributed by atoms with van der Waals surface area (Å²) in [6.07, 6.45) is 0. The van der Waals surface area contributed by atoms with Crippen LogP contribution in [0, 0.1) is 11.6 Å². The van der Waals surface area contributed by atoms with Crippen LogP contribution in [0.2, 0.25) is 0 Å². The molecule has 0 unspecified atom stereocenters. The van der Waals surface area contributed by atoms with Crippen molar-refractivity contribution in [1.29, 1.82) is 0 Å². The van der Waals surface area contributed by atoms with Gasteiger partial charge in [0.25, 0.3) is 10.0 Å². The minimum atomic E-state index is -4.24. The van der Waals surface area contributed by atoms with Crippen molar-refractivity contribution < 1.29 is 31.5 Å². The number of carbonyl (C=O) groups is 1. The second kappa shape index (κ2) is 8.81. The molecule has 2 aromatic rings. The molecule has 2 rings (SSSR count). The second-order valence-corrected chi connectivity index (χ2v) is 7.18. The van der Waals surface area contributed by atoms with Gasteiger partial charge < -0.3 is 9.47 Å². The highest BCUT2D eigenvalue weighted by atomic mass is 32.2. The van der Waals surface area contributed by atoms with Gasteiger partial charge in [-0.1, -0.05) is 0 Å². The molecule has 0 saturated heterocycles. The van der Waals surface area contributed by atoms with E-state index in [1.54, 1.807) is 13.8 Å². The quantitative estimate of drug-likeness (QED) is 0.638. The third-order valence-corrected chi connectivity index (χ3v) is 5.28. The van der Waals surface area contributed by atoms with Gasteiger partial charge in [0.05, 0.1) is 23.8 Å². The Morgan fingerprint density at radius 3 is 2.22 bits per heavy atom. The summed E-state index contributed by atoms with van der Waals surface area (Å²) >= 11 is 0. The van der Waals surface area contributed by atoms with Crippen molar-refractivity contribution in [2.24, 2.45) is 0 Å². The normalized spacial score (nSPS) is 11.1. The number of hydrogen-bond donors (Lipinski definition) is 0. The molecule has 9 heteroatoms. The van der Waals surface area contributed by atoms with E-state index in [1.807, 2.05) is 0 Å². The van der Waals surface area contributed by atoms with Gasteiger partial charge in [-0.2, -0.15) is 0 Å². The molecule has 27 heavy (non-hydrogen) atoms. The van der Waals surface area contributed by atoms with Gasteiger partial charge in [-0.05, 0) is 50.2 Å². The molecule has 0 spiro atoms. The van der Waals surface area contributed by atoms with Crippen molar-refractivity contribution in [3.63, 3.8) is 0 Å². The minimum Gasteiger partial charge on any atom is -0.494 e. The summed E-state index contributed by atoms with van der Waals surface area (Å²) < 4.78 is 63.6. The molecule has 0 N–H and O–H groups in total. The van der Waals surface area contributed by atoms with Crippen molar-refractivity contribution in [1.82, 2.24) is 0 Å². The zero-order chi connectivity index (χ0) is 20.0. The van der Waals surface area contributed by atoms with Gasteiger partial charge in [-0.3, -0.25) is 9.10 Å². The molecule has 0 aliphatic carbocycles. The van der Waals surface area contributed by atoms with Crippen LogP contribution in [0.3, 0.4) is 0 Å². The van der Waals surface area contributed by atoms with E-state index < -0.39 is 34.2 Å². The van der Waals surface area contributed by atoms with Crippen molar-refractivity contribution in [2.75, 3.05) is 24.1 Å². The summed E-state index contributed by atoms with van der Waals surface area (Å²) in [7, 11) is -4.24. The van der Waals surface area contributed by atoms with Gasteiger partial charge in [-0.15, -0.1) is 0 Å². The zero-order valence-corrected chi connectivity index (χ0v) is 15.6. The summed E-state index contributed by atoms with van der Waals surface area (Å²) in [5, 5.41) is 0. The van der Waals surface area contributed by atoms with Crippen LogP contribution < -0.4 is 9.04 Å². The van der Waals surface area contributed by atoms with E-state index >= 15 is 0 Å². The molecule has 0 atom stereocenters. The minimum absolute atomic E-state index is 0.0492. The summed E-state index contributed by atoms with van der Waals surface area (Å²) in [6.45, 7) is 3.13. The second-order valence-electron chi connectivity index (χ2n) is 5.32. The molecule has 0 bridgehead atoms. The van der Waals surface area contributed by atoms with Crippen LogP contribution in [0.1, 0.15) is 13.8 Å². The van der Waals surface area contributed by atoms with Crippen molar-refractivity contribution in [3.8, 4) is 5.75 Å². The summed E-state index contributed by atoms with van der Waals surface area (Å²) in [6, 6.07) is 8.10. The molecule has 0 radical (unpaired) electrons. The number of nitrogens with zero attached hydrogens (tertiary/aromatic N) is 1. The van der Waals surface area contributed by atoms with Crippen molar-refractivity contribution >= 4 is 21.7 Å². The number of benzene rings is 2. The zero-order valence-electron chi connectivity index (χ0n) is 14.8. The lowest BCUT2D eigenvalue weighted by atomic mass is 10.3. The van der Waals surface area contributed by atoms with Gasteiger partial charge in [0.1, 0.15) is 12.3 Å². The van der Waals surface area contributed by atoms with Crippen LogP contribution in [0.4, 0.5) is 14.5 Å². The Balaban J connectivity index is 2.46. The summed E-state index contributed by atoms with van der Waals surface area (Å²) in [4.78, 5) is 11.7. The van der Waals surface area contributed by atoms with E-state index in [-0.39, 0.29) is 17.2 Å². The molecule has 0 aliphatic rings. The monoisotopic (exact) mass is 399 g/mol. The lowest BCUT2D eigenvalue weighted by Crippen LogP contribution is -2.36. The van der Waals surface area contributed by atoms with E-state index in [2.05, 4.69) is 0 Å². The summed E-state index contributed by atoms with van der Waals surface area (Å²) in [5.74, 6) is -2.71. The number of ether oxygens (including phenoxy) is 2. The summed E-state index contributed by atoms with van der Waals surface area (Å²) in [5.41, 5.74) is -0.198. The van der Waals surface area contributed by atoms with Gasteiger partial charge in [0.2, 0.25) is 0 Å². The van der Waals surface area contributed by atoms with Gasteiger partial charge in [-0.25, -0.2) is 17.2 Å². The lowest BCUT2D eigenvalue weighted by molar-refractivity contribution is -0.141. The van der Waals surface area contributed by atoms with E-state index in [1.165, 1.54) is 24.3 Å². The number of rotatable bonds is 8. The van der Waals surface area contributed by atoms with Gasteiger partial charge >= 0.3 is 5.97 Å². The van der Waals surface area contributed by atoms with Crippen LogP contribution in [0.25, 0.3) is 0 Å². The van der Waals surface area contributed by atoms with Crippen LogP contribution in [0.15, 0.2) is 47.4 Å². The Kier molecular flexibility index (Phi) is 6.73. The maximum Gasteiger partial charge on any atom is 0.326 e. The van der Waals surface area contributed by atoms with Gasteiger partial charge in [0.15, 0.2) is 11.6 Å². The van der Waals surface area contributed by atoms with Crippen LogP contribution in [0.5, 0.6) is 5.75 Å². The van der Waals surface area contributed by atoms with Crippen molar-refractivity contribution in [3.05, 3.63) is 54.1 Å². The highest BCUT2D eigenvalue weighted by Crippen LogP contribution is 2.26.